The maximum atomic E-state index is 12.3. The van der Waals surface area contributed by atoms with E-state index in [-0.39, 0.29) is 18.0 Å². The molecule has 21 heavy (non-hydrogen) atoms. The van der Waals surface area contributed by atoms with Gasteiger partial charge >= 0.3 is 0 Å². The van der Waals surface area contributed by atoms with Gasteiger partial charge in [0.05, 0.1) is 35.0 Å². The molecule has 6 heteroatoms. The lowest BCUT2D eigenvalue weighted by Gasteiger charge is -1.99. The van der Waals surface area contributed by atoms with Gasteiger partial charge in [0.1, 0.15) is 0 Å². The van der Waals surface area contributed by atoms with Crippen LogP contribution in [0.25, 0.3) is 5.52 Å². The van der Waals surface area contributed by atoms with Crippen LogP contribution in [0, 0.1) is 6.92 Å². The minimum absolute atomic E-state index is 0.178. The number of aryl methyl sites for hydroxylation is 2. The molecule has 0 aliphatic rings. The Morgan fingerprint density at radius 2 is 1.95 bits per heavy atom. The number of hydrogen-bond donors (Lipinski definition) is 0. The largest absolute Gasteiger partial charge is 0.294 e. The Kier molecular flexibility index (Phi) is 3.13. The third-order valence-electron chi connectivity index (χ3n) is 3.36. The average Bonchev–Trinajstić information content (AvgIpc) is 3.01. The van der Waals surface area contributed by atoms with Crippen LogP contribution in [0.4, 0.5) is 0 Å². The van der Waals surface area contributed by atoms with Crippen LogP contribution in [-0.4, -0.2) is 31.0 Å². The van der Waals surface area contributed by atoms with Crippen molar-refractivity contribution in [2.45, 2.75) is 13.3 Å². The lowest BCUT2D eigenvalue weighted by atomic mass is 10.0. The van der Waals surface area contributed by atoms with Crippen LogP contribution < -0.4 is 0 Å². The van der Waals surface area contributed by atoms with Gasteiger partial charge in [0.15, 0.2) is 11.6 Å². The molecule has 0 amide bonds. The number of fused-ring (bicyclic) bond motifs is 1. The molecule has 0 saturated carbocycles. The molecular formula is C15H14N4O2. The zero-order chi connectivity index (χ0) is 15.0. The predicted molar refractivity (Wildman–Crippen MR) is 76.4 cm³/mol. The second kappa shape index (κ2) is 4.97. The molecule has 0 aliphatic heterocycles. The first kappa shape index (κ1) is 13.2. The minimum Gasteiger partial charge on any atom is -0.294 e. The Hall–Kier alpha value is -2.76. The van der Waals surface area contributed by atoms with Crippen molar-refractivity contribution in [3.05, 3.63) is 53.6 Å². The van der Waals surface area contributed by atoms with E-state index in [0.29, 0.717) is 22.3 Å². The van der Waals surface area contributed by atoms with Crippen LogP contribution in [0.5, 0.6) is 0 Å². The van der Waals surface area contributed by atoms with Crippen molar-refractivity contribution in [1.82, 2.24) is 19.4 Å². The van der Waals surface area contributed by atoms with E-state index in [1.165, 1.54) is 6.20 Å². The summed E-state index contributed by atoms with van der Waals surface area (Å²) in [6.45, 7) is 1.76. The fraction of sp³-hybridized carbons (Fsp3) is 0.200. The molecule has 0 fully saturated rings. The average molecular weight is 282 g/mol. The van der Waals surface area contributed by atoms with Gasteiger partial charge in [-0.15, -0.1) is 0 Å². The Morgan fingerprint density at radius 3 is 2.67 bits per heavy atom. The molecule has 0 radical (unpaired) electrons. The summed E-state index contributed by atoms with van der Waals surface area (Å²) in [7, 11) is 1.75. The molecule has 3 aromatic rings. The summed E-state index contributed by atoms with van der Waals surface area (Å²) >= 11 is 0. The highest BCUT2D eigenvalue weighted by Gasteiger charge is 2.19. The van der Waals surface area contributed by atoms with Crippen LogP contribution in [-0.2, 0) is 7.05 Å². The van der Waals surface area contributed by atoms with Crippen LogP contribution in [0.2, 0.25) is 0 Å². The van der Waals surface area contributed by atoms with Crippen LogP contribution in [0.1, 0.15) is 32.8 Å². The van der Waals surface area contributed by atoms with Gasteiger partial charge in [0.2, 0.25) is 0 Å². The highest BCUT2D eigenvalue weighted by Crippen LogP contribution is 2.15. The first-order valence-electron chi connectivity index (χ1n) is 6.55. The topological polar surface area (TPSA) is 69.3 Å². The lowest BCUT2D eigenvalue weighted by molar-refractivity contribution is 0.0895. The van der Waals surface area contributed by atoms with Crippen molar-refractivity contribution in [3.63, 3.8) is 0 Å². The lowest BCUT2D eigenvalue weighted by Crippen LogP contribution is -2.09. The zero-order valence-electron chi connectivity index (χ0n) is 11.8. The zero-order valence-corrected chi connectivity index (χ0v) is 11.8. The Bertz CT molecular complexity index is 844. The fourth-order valence-electron chi connectivity index (χ4n) is 2.36. The second-order valence-corrected chi connectivity index (χ2v) is 4.91. The number of rotatable bonds is 4. The van der Waals surface area contributed by atoms with Crippen molar-refractivity contribution >= 4 is 17.1 Å². The summed E-state index contributed by atoms with van der Waals surface area (Å²) in [5, 5.41) is 8.23. The van der Waals surface area contributed by atoms with E-state index < -0.39 is 0 Å². The summed E-state index contributed by atoms with van der Waals surface area (Å²) in [5.74, 6) is -0.453. The van der Waals surface area contributed by atoms with E-state index in [0.717, 1.165) is 0 Å². The smallest absolute Gasteiger partial charge is 0.174 e. The van der Waals surface area contributed by atoms with Crippen molar-refractivity contribution < 1.29 is 9.59 Å². The van der Waals surface area contributed by atoms with Gasteiger partial charge in [-0.1, -0.05) is 6.07 Å². The molecule has 3 rings (SSSR count). The summed E-state index contributed by atoms with van der Waals surface area (Å²) < 4.78 is 3.19. The first-order valence-corrected chi connectivity index (χ1v) is 6.55. The maximum Gasteiger partial charge on any atom is 0.174 e. The number of nitrogens with zero attached hydrogens (tertiary/aromatic N) is 4. The predicted octanol–water partition coefficient (Wildman–Crippen LogP) is 1.83. The molecule has 0 unspecified atom stereocenters. The summed E-state index contributed by atoms with van der Waals surface area (Å²) in [4.78, 5) is 24.5. The standard InChI is InChI=1S/C15H14N4O2/c1-10-12(9-18(2)17-10)15(21)7-14(20)11-8-16-19-6-4-3-5-13(11)19/h3-6,8-9H,7H2,1-2H3. The van der Waals surface area contributed by atoms with Gasteiger partial charge in [-0.3, -0.25) is 14.3 Å². The quantitative estimate of drug-likeness (QED) is 0.541. The van der Waals surface area contributed by atoms with Crippen molar-refractivity contribution in [2.75, 3.05) is 0 Å². The van der Waals surface area contributed by atoms with Crippen molar-refractivity contribution in [3.8, 4) is 0 Å². The number of aromatic nitrogens is 4. The number of pyridine rings is 1. The van der Waals surface area contributed by atoms with Crippen LogP contribution in [0.15, 0.2) is 36.8 Å². The van der Waals surface area contributed by atoms with E-state index in [1.54, 1.807) is 41.6 Å². The van der Waals surface area contributed by atoms with E-state index >= 15 is 0 Å². The molecule has 0 N–H and O–H groups in total. The normalized spacial score (nSPS) is 11.0. The number of ketones is 2. The Balaban J connectivity index is 1.86. The molecule has 106 valence electrons. The van der Waals surface area contributed by atoms with Gasteiger partial charge in [-0.25, -0.2) is 4.52 Å². The van der Waals surface area contributed by atoms with Crippen LogP contribution >= 0.6 is 0 Å². The number of carbonyl (C=O) groups excluding carboxylic acids is 2. The molecule has 3 heterocycles. The van der Waals surface area contributed by atoms with E-state index in [1.807, 2.05) is 12.1 Å². The highest BCUT2D eigenvalue weighted by atomic mass is 16.1. The van der Waals surface area contributed by atoms with E-state index in [2.05, 4.69) is 10.2 Å². The Morgan fingerprint density at radius 1 is 1.19 bits per heavy atom. The summed E-state index contributed by atoms with van der Waals surface area (Å²) in [6, 6.07) is 5.47. The van der Waals surface area contributed by atoms with Crippen molar-refractivity contribution in [1.29, 1.82) is 0 Å². The fourth-order valence-corrected chi connectivity index (χ4v) is 2.36. The molecule has 0 aliphatic carbocycles. The first-order chi connectivity index (χ1) is 10.1. The molecule has 0 atom stereocenters. The maximum absolute atomic E-state index is 12.3. The highest BCUT2D eigenvalue weighted by molar-refractivity contribution is 6.15. The van der Waals surface area contributed by atoms with E-state index in [9.17, 15) is 9.59 Å². The van der Waals surface area contributed by atoms with Gasteiger partial charge in [-0.2, -0.15) is 10.2 Å². The monoisotopic (exact) mass is 282 g/mol. The third kappa shape index (κ3) is 2.35. The third-order valence-corrected chi connectivity index (χ3v) is 3.36. The van der Waals surface area contributed by atoms with Gasteiger partial charge in [-0.05, 0) is 19.1 Å². The number of Topliss-reactive ketones (excluding diaryl/α,β-unsaturated/α-hetero) is 2. The molecule has 3 aromatic heterocycles. The summed E-state index contributed by atoms with van der Waals surface area (Å²) in [5.41, 5.74) is 2.29. The molecule has 0 spiro atoms. The summed E-state index contributed by atoms with van der Waals surface area (Å²) in [6.07, 6.45) is 4.73. The molecule has 0 bridgehead atoms. The molecule has 6 nitrogen and oxygen atoms in total. The van der Waals surface area contributed by atoms with E-state index in [4.69, 9.17) is 0 Å². The minimum atomic E-state index is -0.232. The van der Waals surface area contributed by atoms with Crippen molar-refractivity contribution in [2.24, 2.45) is 7.05 Å². The van der Waals surface area contributed by atoms with Gasteiger partial charge < -0.3 is 0 Å². The Labute approximate surface area is 121 Å². The van der Waals surface area contributed by atoms with Crippen LogP contribution in [0.3, 0.4) is 0 Å². The van der Waals surface area contributed by atoms with Gasteiger partial charge in [0.25, 0.3) is 0 Å². The number of carbonyl (C=O) groups is 2. The molecule has 0 aromatic carbocycles. The second-order valence-electron chi connectivity index (χ2n) is 4.91. The SMILES string of the molecule is Cc1nn(C)cc1C(=O)CC(=O)c1cnn2ccccc12. The molecule has 0 saturated heterocycles. The van der Waals surface area contributed by atoms with Gasteiger partial charge in [0, 0.05) is 19.4 Å². The number of hydrogen-bond acceptors (Lipinski definition) is 4. The molecular weight excluding hydrogens is 268 g/mol.